The topological polar surface area (TPSA) is 67.2 Å². The number of carbonyl (C=O) groups excluding carboxylic acids is 1. The van der Waals surface area contributed by atoms with Gasteiger partial charge in [0.1, 0.15) is 17.3 Å². The lowest BCUT2D eigenvalue weighted by Crippen LogP contribution is -2.36. The van der Waals surface area contributed by atoms with E-state index in [1.165, 1.54) is 5.56 Å². The lowest BCUT2D eigenvalue weighted by atomic mass is 10.1. The maximum Gasteiger partial charge on any atom is 0.272 e. The fraction of sp³-hybridized carbons (Fsp3) is 0.556. The van der Waals surface area contributed by atoms with E-state index < -0.39 is 0 Å². The molecule has 0 atom stereocenters. The highest BCUT2D eigenvalue weighted by atomic mass is 16.2. The van der Waals surface area contributed by atoms with Crippen molar-refractivity contribution in [3.63, 3.8) is 0 Å². The number of amides is 1. The first kappa shape index (κ1) is 17.4. The zero-order valence-corrected chi connectivity index (χ0v) is 15.3. The molecule has 0 N–H and O–H groups in total. The number of imidazole rings is 1. The van der Waals surface area contributed by atoms with Gasteiger partial charge in [0.25, 0.3) is 5.91 Å². The first-order valence-corrected chi connectivity index (χ1v) is 8.93. The summed E-state index contributed by atoms with van der Waals surface area (Å²) in [7, 11) is 1.85. The largest absolute Gasteiger partial charge is 0.354 e. The highest BCUT2D eigenvalue weighted by molar-refractivity contribution is 5.92. The predicted octanol–water partition coefficient (Wildman–Crippen LogP) is 1.82. The summed E-state index contributed by atoms with van der Waals surface area (Å²) in [4.78, 5) is 30.0. The number of nitrogens with zero attached hydrogens (tertiary/aromatic N) is 6. The number of aryl methyl sites for hydroxylation is 3. The summed E-state index contributed by atoms with van der Waals surface area (Å²) >= 11 is 0. The predicted molar refractivity (Wildman–Crippen MR) is 96.7 cm³/mol. The van der Waals surface area contributed by atoms with Crippen molar-refractivity contribution in [2.45, 2.75) is 33.1 Å². The Balaban J connectivity index is 1.75. The molecule has 7 nitrogen and oxygen atoms in total. The van der Waals surface area contributed by atoms with Crippen LogP contribution in [0, 0.1) is 6.92 Å². The van der Waals surface area contributed by atoms with Gasteiger partial charge in [-0.2, -0.15) is 0 Å². The minimum Gasteiger partial charge on any atom is -0.354 e. The van der Waals surface area contributed by atoms with Gasteiger partial charge in [-0.1, -0.05) is 13.3 Å². The fourth-order valence-corrected chi connectivity index (χ4v) is 3.26. The van der Waals surface area contributed by atoms with Crippen LogP contribution >= 0.6 is 0 Å². The molecule has 0 saturated carbocycles. The van der Waals surface area contributed by atoms with Crippen LogP contribution in [0.25, 0.3) is 0 Å². The van der Waals surface area contributed by atoms with Crippen LogP contribution in [0.4, 0.5) is 5.82 Å². The van der Waals surface area contributed by atoms with Gasteiger partial charge in [-0.3, -0.25) is 4.79 Å². The zero-order chi connectivity index (χ0) is 17.8. The molecule has 0 radical (unpaired) electrons. The molecule has 1 saturated heterocycles. The van der Waals surface area contributed by atoms with Crippen molar-refractivity contribution >= 4 is 11.7 Å². The average molecular weight is 342 g/mol. The number of hydrogen-bond donors (Lipinski definition) is 0. The molecule has 1 fully saturated rings. The molecule has 0 bridgehead atoms. The van der Waals surface area contributed by atoms with Gasteiger partial charge in [-0.05, 0) is 19.8 Å². The Morgan fingerprint density at radius 3 is 2.76 bits per heavy atom. The van der Waals surface area contributed by atoms with E-state index in [0.29, 0.717) is 12.2 Å². The summed E-state index contributed by atoms with van der Waals surface area (Å²) in [5, 5.41) is 0. The van der Waals surface area contributed by atoms with Crippen molar-refractivity contribution in [2.24, 2.45) is 7.05 Å². The molecule has 0 aliphatic carbocycles. The van der Waals surface area contributed by atoms with Gasteiger partial charge in [0.05, 0.1) is 12.5 Å². The summed E-state index contributed by atoms with van der Waals surface area (Å²) in [6.07, 6.45) is 8.22. The quantitative estimate of drug-likeness (QED) is 0.848. The maximum atomic E-state index is 12.7. The van der Waals surface area contributed by atoms with Crippen molar-refractivity contribution in [3.8, 4) is 0 Å². The molecule has 0 spiro atoms. The van der Waals surface area contributed by atoms with Crippen molar-refractivity contribution in [1.29, 1.82) is 0 Å². The Morgan fingerprint density at radius 1 is 1.20 bits per heavy atom. The smallest absolute Gasteiger partial charge is 0.272 e. The Labute approximate surface area is 148 Å². The molecule has 134 valence electrons. The molecule has 7 heteroatoms. The van der Waals surface area contributed by atoms with Gasteiger partial charge in [0.2, 0.25) is 0 Å². The normalized spacial score (nSPS) is 15.3. The zero-order valence-electron chi connectivity index (χ0n) is 15.3. The van der Waals surface area contributed by atoms with Gasteiger partial charge in [-0.15, -0.1) is 0 Å². The number of hydrogen-bond acceptors (Lipinski definition) is 5. The summed E-state index contributed by atoms with van der Waals surface area (Å²) in [6.45, 7) is 7.24. The third kappa shape index (κ3) is 3.81. The van der Waals surface area contributed by atoms with Gasteiger partial charge in [-0.25, -0.2) is 15.0 Å². The summed E-state index contributed by atoms with van der Waals surface area (Å²) in [5.74, 6) is 1.88. The molecule has 2 aromatic rings. The van der Waals surface area contributed by atoms with Crippen LogP contribution in [-0.2, 0) is 13.5 Å². The Kier molecular flexibility index (Phi) is 5.31. The van der Waals surface area contributed by atoms with E-state index in [9.17, 15) is 4.79 Å². The van der Waals surface area contributed by atoms with Crippen LogP contribution in [0.15, 0.2) is 18.7 Å². The van der Waals surface area contributed by atoms with Crippen LogP contribution in [0.1, 0.15) is 41.6 Å². The second-order valence-electron chi connectivity index (χ2n) is 6.54. The molecule has 0 unspecified atom stereocenters. The first-order chi connectivity index (χ1) is 12.1. The lowest BCUT2D eigenvalue weighted by molar-refractivity contribution is 0.0757. The van der Waals surface area contributed by atoms with E-state index in [4.69, 9.17) is 0 Å². The summed E-state index contributed by atoms with van der Waals surface area (Å²) in [6, 6.07) is 0. The molecular weight excluding hydrogens is 316 g/mol. The fourth-order valence-electron chi connectivity index (χ4n) is 3.26. The molecule has 0 aromatic carbocycles. The van der Waals surface area contributed by atoms with Crippen LogP contribution in [0.5, 0.6) is 0 Å². The van der Waals surface area contributed by atoms with Crippen molar-refractivity contribution in [1.82, 2.24) is 24.4 Å². The minimum absolute atomic E-state index is 0.0505. The van der Waals surface area contributed by atoms with Crippen LogP contribution in [0.2, 0.25) is 0 Å². The highest BCUT2D eigenvalue weighted by Gasteiger charge is 2.23. The summed E-state index contributed by atoms with van der Waals surface area (Å²) in [5.41, 5.74) is 1.83. The maximum absolute atomic E-state index is 12.7. The van der Waals surface area contributed by atoms with Crippen molar-refractivity contribution in [3.05, 3.63) is 35.8 Å². The molecule has 1 amide bonds. The Bertz CT molecular complexity index is 741. The van der Waals surface area contributed by atoms with E-state index in [2.05, 4.69) is 26.8 Å². The number of rotatable bonds is 4. The molecular formula is C18H26N6O. The highest BCUT2D eigenvalue weighted by Crippen LogP contribution is 2.21. The van der Waals surface area contributed by atoms with E-state index >= 15 is 0 Å². The van der Waals surface area contributed by atoms with Gasteiger partial charge in [0.15, 0.2) is 0 Å². The first-order valence-electron chi connectivity index (χ1n) is 8.93. The minimum atomic E-state index is 0.0505. The Hall–Kier alpha value is -2.44. The SMILES string of the molecule is CCCc1cnc(C)nc1N1CCCN(C(=O)c2cncn2C)CC1. The second kappa shape index (κ2) is 7.63. The van der Waals surface area contributed by atoms with Crippen LogP contribution in [0.3, 0.4) is 0 Å². The lowest BCUT2D eigenvalue weighted by Gasteiger charge is -2.25. The van der Waals surface area contributed by atoms with Gasteiger partial charge >= 0.3 is 0 Å². The molecule has 1 aliphatic heterocycles. The van der Waals surface area contributed by atoms with Crippen molar-refractivity contribution < 1.29 is 4.79 Å². The van der Waals surface area contributed by atoms with E-state index in [1.807, 2.05) is 25.1 Å². The van der Waals surface area contributed by atoms with Gasteiger partial charge < -0.3 is 14.4 Å². The molecule has 3 rings (SSSR count). The molecule has 25 heavy (non-hydrogen) atoms. The van der Waals surface area contributed by atoms with E-state index in [1.54, 1.807) is 17.1 Å². The number of aromatic nitrogens is 4. The van der Waals surface area contributed by atoms with E-state index in [-0.39, 0.29) is 5.91 Å². The van der Waals surface area contributed by atoms with Gasteiger partial charge in [0, 0.05) is 45.0 Å². The monoisotopic (exact) mass is 342 g/mol. The van der Waals surface area contributed by atoms with E-state index in [0.717, 1.165) is 50.5 Å². The van der Waals surface area contributed by atoms with Crippen LogP contribution in [-0.4, -0.2) is 56.5 Å². The number of carbonyl (C=O) groups is 1. The summed E-state index contributed by atoms with van der Waals surface area (Å²) < 4.78 is 1.78. The van der Waals surface area contributed by atoms with Crippen molar-refractivity contribution in [2.75, 3.05) is 31.1 Å². The Morgan fingerprint density at radius 2 is 2.04 bits per heavy atom. The average Bonchev–Trinajstić information content (AvgIpc) is 2.88. The van der Waals surface area contributed by atoms with Crippen LogP contribution < -0.4 is 4.90 Å². The molecule has 1 aliphatic rings. The second-order valence-corrected chi connectivity index (χ2v) is 6.54. The standard InChI is InChI=1S/C18H26N6O/c1-4-6-15-11-20-14(2)21-17(15)23-7-5-8-24(10-9-23)18(25)16-12-19-13-22(16)3/h11-13H,4-10H2,1-3H3. The molecule has 2 aromatic heterocycles. The third-order valence-corrected chi connectivity index (χ3v) is 4.60. The molecule has 3 heterocycles. The number of anilines is 1. The third-order valence-electron chi connectivity index (χ3n) is 4.60.